The molecule has 0 spiro atoms. The van der Waals surface area contributed by atoms with Gasteiger partial charge in [0.2, 0.25) is 5.43 Å². The van der Waals surface area contributed by atoms with Crippen LogP contribution in [0.15, 0.2) is 59.5 Å². The fourth-order valence-corrected chi connectivity index (χ4v) is 2.48. The molecule has 0 bridgehead atoms. The molecule has 0 aliphatic heterocycles. The first-order chi connectivity index (χ1) is 13.5. The molecule has 1 heterocycles. The van der Waals surface area contributed by atoms with Crippen molar-refractivity contribution in [2.45, 2.75) is 19.6 Å². The van der Waals surface area contributed by atoms with Crippen LogP contribution in [0.4, 0.5) is 4.39 Å². The highest BCUT2D eigenvalue weighted by molar-refractivity contribution is 5.85. The zero-order valence-corrected chi connectivity index (χ0v) is 14.9. The van der Waals surface area contributed by atoms with Crippen molar-refractivity contribution in [1.29, 1.82) is 0 Å². The Hall–Kier alpha value is -3.75. The Balaban J connectivity index is 1.59. The number of hydrazine groups is 1. The molecular weight excluding hydrogens is 367 g/mol. The topological polar surface area (TPSA) is 102 Å². The van der Waals surface area contributed by atoms with E-state index < -0.39 is 23.7 Å². The molecule has 0 unspecified atom stereocenters. The number of nitrogens with zero attached hydrogens (tertiary/aromatic N) is 2. The number of nitrogens with one attached hydrogen (secondary N) is 2. The van der Waals surface area contributed by atoms with Gasteiger partial charge in [-0.1, -0.05) is 24.3 Å². The molecule has 0 saturated heterocycles. The minimum absolute atomic E-state index is 0.0691. The number of ether oxygens (including phenoxy) is 1. The smallest absolute Gasteiger partial charge is 0.279 e. The number of para-hydroxylation sites is 2. The van der Waals surface area contributed by atoms with E-state index in [2.05, 4.69) is 16.0 Å². The number of halogens is 1. The van der Waals surface area contributed by atoms with Gasteiger partial charge in [-0.15, -0.1) is 0 Å². The predicted molar refractivity (Wildman–Crippen MR) is 98.8 cm³/mol. The fourth-order valence-electron chi connectivity index (χ4n) is 2.48. The van der Waals surface area contributed by atoms with E-state index in [9.17, 15) is 18.8 Å². The number of rotatable bonds is 5. The Morgan fingerprint density at radius 3 is 2.64 bits per heavy atom. The Kier molecular flexibility index (Phi) is 5.64. The van der Waals surface area contributed by atoms with Gasteiger partial charge in [-0.2, -0.15) is 5.10 Å². The van der Waals surface area contributed by atoms with E-state index in [4.69, 9.17) is 4.74 Å². The van der Waals surface area contributed by atoms with Gasteiger partial charge in [-0.05, 0) is 31.2 Å². The van der Waals surface area contributed by atoms with Gasteiger partial charge >= 0.3 is 0 Å². The molecule has 0 saturated carbocycles. The van der Waals surface area contributed by atoms with E-state index in [0.717, 1.165) is 6.20 Å². The highest BCUT2D eigenvalue weighted by atomic mass is 19.1. The van der Waals surface area contributed by atoms with Crippen molar-refractivity contribution in [3.05, 3.63) is 70.8 Å². The van der Waals surface area contributed by atoms with Crippen LogP contribution in [0.3, 0.4) is 0 Å². The summed E-state index contributed by atoms with van der Waals surface area (Å²) in [4.78, 5) is 36.0. The molecule has 2 amide bonds. The van der Waals surface area contributed by atoms with Crippen LogP contribution in [0.1, 0.15) is 6.92 Å². The van der Waals surface area contributed by atoms with Gasteiger partial charge in [0.15, 0.2) is 17.7 Å². The first-order valence-electron chi connectivity index (χ1n) is 8.40. The maximum absolute atomic E-state index is 13.6. The quantitative estimate of drug-likeness (QED) is 0.643. The largest absolute Gasteiger partial charge is 0.478 e. The lowest BCUT2D eigenvalue weighted by Crippen LogP contribution is -2.48. The molecular formula is C19H17FN4O4. The SMILES string of the molecule is C[C@@H](Oc1ccccc1F)C(=O)NNC(=O)Cn1ncc(=O)c2ccccc21. The average molecular weight is 384 g/mol. The third-order valence-corrected chi connectivity index (χ3v) is 3.89. The maximum atomic E-state index is 13.6. The molecule has 1 atom stereocenters. The number of benzene rings is 2. The van der Waals surface area contributed by atoms with Crippen LogP contribution >= 0.6 is 0 Å². The number of carbonyl (C=O) groups is 2. The standard InChI is InChI=1S/C19H17FN4O4/c1-12(28-17-9-5-3-7-14(17)20)19(27)23-22-18(26)11-24-15-8-4-2-6-13(15)16(25)10-21-24/h2-10,12H,11H2,1H3,(H,22,26)(H,23,27)/t12-/m1/s1. The van der Waals surface area contributed by atoms with Gasteiger partial charge in [0.1, 0.15) is 6.54 Å². The minimum Gasteiger partial charge on any atom is -0.478 e. The molecule has 3 aromatic rings. The van der Waals surface area contributed by atoms with Crippen LogP contribution in [0.5, 0.6) is 5.75 Å². The molecule has 3 rings (SSSR count). The van der Waals surface area contributed by atoms with Crippen LogP contribution in [0.2, 0.25) is 0 Å². The van der Waals surface area contributed by atoms with Crippen molar-refractivity contribution >= 4 is 22.7 Å². The fraction of sp³-hybridized carbons (Fsp3) is 0.158. The molecule has 9 heteroatoms. The van der Waals surface area contributed by atoms with Gasteiger partial charge < -0.3 is 4.74 Å². The predicted octanol–water partition coefficient (Wildman–Crippen LogP) is 1.15. The highest BCUT2D eigenvalue weighted by Crippen LogP contribution is 2.16. The molecule has 0 fully saturated rings. The van der Waals surface area contributed by atoms with Gasteiger partial charge in [0.05, 0.1) is 11.7 Å². The lowest BCUT2D eigenvalue weighted by atomic mass is 10.2. The van der Waals surface area contributed by atoms with Crippen molar-refractivity contribution < 1.29 is 18.7 Å². The van der Waals surface area contributed by atoms with E-state index in [1.807, 2.05) is 0 Å². The first-order valence-corrected chi connectivity index (χ1v) is 8.40. The zero-order valence-electron chi connectivity index (χ0n) is 14.9. The van der Waals surface area contributed by atoms with E-state index >= 15 is 0 Å². The molecule has 1 aromatic heterocycles. The van der Waals surface area contributed by atoms with Crippen LogP contribution in [-0.2, 0) is 16.1 Å². The number of aromatic nitrogens is 2. The third-order valence-electron chi connectivity index (χ3n) is 3.89. The molecule has 144 valence electrons. The van der Waals surface area contributed by atoms with Gasteiger partial charge in [0, 0.05) is 5.39 Å². The lowest BCUT2D eigenvalue weighted by Gasteiger charge is -2.16. The van der Waals surface area contributed by atoms with E-state index in [-0.39, 0.29) is 17.7 Å². The summed E-state index contributed by atoms with van der Waals surface area (Å²) in [5, 5.41) is 4.37. The Morgan fingerprint density at radius 1 is 1.14 bits per heavy atom. The van der Waals surface area contributed by atoms with E-state index in [1.54, 1.807) is 30.3 Å². The maximum Gasteiger partial charge on any atom is 0.279 e. The van der Waals surface area contributed by atoms with Crippen LogP contribution in [0, 0.1) is 5.82 Å². The van der Waals surface area contributed by atoms with Crippen molar-refractivity contribution in [2.24, 2.45) is 0 Å². The van der Waals surface area contributed by atoms with Gasteiger partial charge in [-0.3, -0.25) is 29.9 Å². The summed E-state index contributed by atoms with van der Waals surface area (Å²) in [5.41, 5.74) is 4.70. The van der Waals surface area contributed by atoms with Gasteiger partial charge in [-0.25, -0.2) is 4.39 Å². The van der Waals surface area contributed by atoms with Crippen molar-refractivity contribution in [2.75, 3.05) is 0 Å². The second-order valence-corrected chi connectivity index (χ2v) is 5.91. The number of fused-ring (bicyclic) bond motifs is 1. The normalized spacial score (nSPS) is 11.6. The lowest BCUT2D eigenvalue weighted by molar-refractivity contribution is -0.133. The Morgan fingerprint density at radius 2 is 1.86 bits per heavy atom. The summed E-state index contributed by atoms with van der Waals surface area (Å²) in [5.74, 6) is -1.88. The van der Waals surface area contributed by atoms with Crippen molar-refractivity contribution in [1.82, 2.24) is 20.6 Å². The van der Waals surface area contributed by atoms with Gasteiger partial charge in [0.25, 0.3) is 11.8 Å². The second-order valence-electron chi connectivity index (χ2n) is 5.91. The number of amides is 2. The molecule has 0 aliphatic carbocycles. The average Bonchev–Trinajstić information content (AvgIpc) is 2.70. The Bertz CT molecular complexity index is 1080. The monoisotopic (exact) mass is 384 g/mol. The van der Waals surface area contributed by atoms with Crippen molar-refractivity contribution in [3.8, 4) is 5.75 Å². The summed E-state index contributed by atoms with van der Waals surface area (Å²) < 4.78 is 20.1. The van der Waals surface area contributed by atoms with E-state index in [0.29, 0.717) is 10.9 Å². The summed E-state index contributed by atoms with van der Waals surface area (Å²) in [6.07, 6.45) is 0.0852. The van der Waals surface area contributed by atoms with Crippen molar-refractivity contribution in [3.63, 3.8) is 0 Å². The molecule has 2 aromatic carbocycles. The first kappa shape index (κ1) is 19.0. The number of carbonyl (C=O) groups excluding carboxylic acids is 2. The summed E-state index contributed by atoms with van der Waals surface area (Å²) in [6.45, 7) is 1.20. The molecule has 0 aliphatic rings. The van der Waals surface area contributed by atoms with E-state index in [1.165, 1.54) is 29.8 Å². The van der Waals surface area contributed by atoms with Crippen LogP contribution in [0.25, 0.3) is 10.9 Å². The molecule has 2 N–H and O–H groups in total. The Labute approximate surface area is 158 Å². The van der Waals surface area contributed by atoms with Crippen LogP contribution < -0.4 is 21.0 Å². The summed E-state index contributed by atoms with van der Waals surface area (Å²) in [7, 11) is 0. The number of hydrogen-bond donors (Lipinski definition) is 2. The highest BCUT2D eigenvalue weighted by Gasteiger charge is 2.17. The number of hydrogen-bond acceptors (Lipinski definition) is 5. The van der Waals surface area contributed by atoms with Crippen LogP contribution in [-0.4, -0.2) is 27.7 Å². The molecule has 28 heavy (non-hydrogen) atoms. The molecule has 8 nitrogen and oxygen atoms in total. The zero-order chi connectivity index (χ0) is 20.1. The second kappa shape index (κ2) is 8.30. The summed E-state index contributed by atoms with van der Waals surface area (Å²) in [6, 6.07) is 12.4. The summed E-state index contributed by atoms with van der Waals surface area (Å²) >= 11 is 0. The molecule has 0 radical (unpaired) electrons. The minimum atomic E-state index is -1.04. The third kappa shape index (κ3) is 4.32.